The summed E-state index contributed by atoms with van der Waals surface area (Å²) in [4.78, 5) is 4.06. The van der Waals surface area contributed by atoms with E-state index in [4.69, 9.17) is 9.47 Å². The highest BCUT2D eigenvalue weighted by atomic mass is 32.2. The molecule has 0 saturated heterocycles. The smallest absolute Gasteiger partial charge is 0.192 e. The molecule has 7 heteroatoms. The van der Waals surface area contributed by atoms with Gasteiger partial charge in [-0.05, 0) is 42.3 Å². The third-order valence-electron chi connectivity index (χ3n) is 4.17. The number of aromatic nitrogens is 4. The fraction of sp³-hybridized carbons (Fsp3) is 0.250. The number of nitrogens with zero attached hydrogens (tertiary/aromatic N) is 4. The van der Waals surface area contributed by atoms with Gasteiger partial charge in [0.2, 0.25) is 0 Å². The molecular formula is C20H22N4O2S. The largest absolute Gasteiger partial charge is 0.493 e. The molecule has 2 heterocycles. The van der Waals surface area contributed by atoms with Crippen LogP contribution in [0.4, 0.5) is 0 Å². The molecule has 0 amide bonds. The number of benzene rings is 1. The summed E-state index contributed by atoms with van der Waals surface area (Å²) in [6, 6.07) is 7.86. The highest BCUT2D eigenvalue weighted by Crippen LogP contribution is 2.33. The Balaban J connectivity index is 1.86. The topological polar surface area (TPSA) is 62.1 Å². The zero-order valence-electron chi connectivity index (χ0n) is 15.7. The first-order valence-electron chi connectivity index (χ1n) is 8.46. The van der Waals surface area contributed by atoms with Crippen LogP contribution in [0, 0.1) is 6.92 Å². The maximum atomic E-state index is 5.42. The minimum Gasteiger partial charge on any atom is -0.493 e. The molecule has 1 aromatic carbocycles. The number of methoxy groups -OCH3 is 2. The SMILES string of the molecule is C=CCn1c(SCc2cc(OC)c(OC)cc2C)nnc1-c1ccncc1. The molecule has 0 N–H and O–H groups in total. The molecule has 2 aromatic heterocycles. The van der Waals surface area contributed by atoms with E-state index < -0.39 is 0 Å². The Hall–Kier alpha value is -2.80. The highest BCUT2D eigenvalue weighted by molar-refractivity contribution is 7.98. The summed E-state index contributed by atoms with van der Waals surface area (Å²) in [5.41, 5.74) is 3.29. The Morgan fingerprint density at radius 3 is 2.48 bits per heavy atom. The van der Waals surface area contributed by atoms with Crippen LogP contribution in [-0.4, -0.2) is 34.0 Å². The van der Waals surface area contributed by atoms with Gasteiger partial charge in [0.15, 0.2) is 22.5 Å². The summed E-state index contributed by atoms with van der Waals surface area (Å²) in [7, 11) is 3.29. The van der Waals surface area contributed by atoms with E-state index in [1.165, 1.54) is 0 Å². The number of thioether (sulfide) groups is 1. The second kappa shape index (κ2) is 8.73. The van der Waals surface area contributed by atoms with E-state index in [0.717, 1.165) is 44.9 Å². The van der Waals surface area contributed by atoms with E-state index in [9.17, 15) is 0 Å². The minimum absolute atomic E-state index is 0.637. The van der Waals surface area contributed by atoms with Crippen molar-refractivity contribution < 1.29 is 9.47 Å². The van der Waals surface area contributed by atoms with E-state index in [2.05, 4.69) is 33.3 Å². The van der Waals surface area contributed by atoms with Gasteiger partial charge in [0.1, 0.15) is 0 Å². The Bertz CT molecular complexity index is 925. The van der Waals surface area contributed by atoms with Crippen LogP contribution >= 0.6 is 11.8 Å². The van der Waals surface area contributed by atoms with Gasteiger partial charge in [-0.25, -0.2) is 0 Å². The Morgan fingerprint density at radius 2 is 1.81 bits per heavy atom. The van der Waals surface area contributed by atoms with Crippen LogP contribution in [0.15, 0.2) is 54.5 Å². The lowest BCUT2D eigenvalue weighted by Crippen LogP contribution is -2.01. The first-order chi connectivity index (χ1) is 13.2. The van der Waals surface area contributed by atoms with Gasteiger partial charge in [-0.1, -0.05) is 17.8 Å². The minimum atomic E-state index is 0.637. The number of rotatable bonds is 8. The second-order valence-corrected chi connectivity index (χ2v) is 6.81. The molecule has 0 fully saturated rings. The van der Waals surface area contributed by atoms with Crippen molar-refractivity contribution in [2.45, 2.75) is 24.4 Å². The van der Waals surface area contributed by atoms with Gasteiger partial charge in [-0.15, -0.1) is 16.8 Å². The molecule has 0 bridgehead atoms. The van der Waals surface area contributed by atoms with Crippen molar-refractivity contribution in [3.8, 4) is 22.9 Å². The predicted molar refractivity (Wildman–Crippen MR) is 107 cm³/mol. The third kappa shape index (κ3) is 4.14. The van der Waals surface area contributed by atoms with E-state index in [1.807, 2.05) is 30.3 Å². The Labute approximate surface area is 163 Å². The van der Waals surface area contributed by atoms with Crippen molar-refractivity contribution in [2.24, 2.45) is 0 Å². The molecule has 0 unspecified atom stereocenters. The van der Waals surface area contributed by atoms with E-state index in [1.54, 1.807) is 38.4 Å². The second-order valence-electron chi connectivity index (χ2n) is 5.86. The maximum absolute atomic E-state index is 5.42. The molecule has 0 atom stereocenters. The average Bonchev–Trinajstić information content (AvgIpc) is 3.10. The number of hydrogen-bond acceptors (Lipinski definition) is 6. The monoisotopic (exact) mass is 382 g/mol. The van der Waals surface area contributed by atoms with E-state index in [-0.39, 0.29) is 0 Å². The van der Waals surface area contributed by atoms with Crippen LogP contribution in [0.25, 0.3) is 11.4 Å². The number of pyridine rings is 1. The standard InChI is InChI=1S/C20H22N4O2S/c1-5-10-24-19(15-6-8-21-9-7-15)22-23-20(24)27-13-16-12-18(26-4)17(25-3)11-14(16)2/h5-9,11-12H,1,10,13H2,2-4H3. The normalized spacial score (nSPS) is 10.6. The van der Waals surface area contributed by atoms with Crippen molar-refractivity contribution in [1.29, 1.82) is 0 Å². The molecule has 0 spiro atoms. The summed E-state index contributed by atoms with van der Waals surface area (Å²) in [5, 5.41) is 9.60. The molecule has 3 rings (SSSR count). The first-order valence-corrected chi connectivity index (χ1v) is 9.45. The molecule has 3 aromatic rings. The van der Waals surface area contributed by atoms with Gasteiger partial charge in [-0.2, -0.15) is 0 Å². The number of allylic oxidation sites excluding steroid dienone is 1. The molecule has 140 valence electrons. The van der Waals surface area contributed by atoms with E-state index in [0.29, 0.717) is 6.54 Å². The molecule has 6 nitrogen and oxygen atoms in total. The van der Waals surface area contributed by atoms with Crippen molar-refractivity contribution in [3.05, 3.63) is 60.4 Å². The number of hydrogen-bond donors (Lipinski definition) is 0. The van der Waals surface area contributed by atoms with Gasteiger partial charge >= 0.3 is 0 Å². The van der Waals surface area contributed by atoms with Gasteiger partial charge in [0.05, 0.1) is 14.2 Å². The van der Waals surface area contributed by atoms with Crippen molar-refractivity contribution >= 4 is 11.8 Å². The van der Waals surface area contributed by atoms with Gasteiger partial charge in [0.25, 0.3) is 0 Å². The molecule has 0 aliphatic rings. The predicted octanol–water partition coefficient (Wildman–Crippen LogP) is 4.14. The maximum Gasteiger partial charge on any atom is 0.192 e. The van der Waals surface area contributed by atoms with Crippen molar-refractivity contribution in [1.82, 2.24) is 19.7 Å². The molecule has 0 aliphatic carbocycles. The average molecular weight is 382 g/mol. The van der Waals surface area contributed by atoms with Gasteiger partial charge in [-0.3, -0.25) is 9.55 Å². The van der Waals surface area contributed by atoms with Crippen LogP contribution in [0.3, 0.4) is 0 Å². The number of ether oxygens (including phenoxy) is 2. The Morgan fingerprint density at radius 1 is 1.11 bits per heavy atom. The molecule has 27 heavy (non-hydrogen) atoms. The van der Waals surface area contributed by atoms with Crippen LogP contribution in [0.5, 0.6) is 11.5 Å². The van der Waals surface area contributed by atoms with Crippen molar-refractivity contribution in [2.75, 3.05) is 14.2 Å². The lowest BCUT2D eigenvalue weighted by molar-refractivity contribution is 0.354. The summed E-state index contributed by atoms with van der Waals surface area (Å²) >= 11 is 1.63. The Kier molecular flexibility index (Phi) is 6.13. The van der Waals surface area contributed by atoms with Gasteiger partial charge < -0.3 is 9.47 Å². The summed E-state index contributed by atoms with van der Waals surface area (Å²) in [5.74, 6) is 3.02. The lowest BCUT2D eigenvalue weighted by atomic mass is 10.1. The van der Waals surface area contributed by atoms with Crippen LogP contribution in [0.1, 0.15) is 11.1 Å². The molecule has 0 saturated carbocycles. The summed E-state index contributed by atoms with van der Waals surface area (Å²) < 4.78 is 12.8. The van der Waals surface area contributed by atoms with E-state index >= 15 is 0 Å². The fourth-order valence-electron chi connectivity index (χ4n) is 2.72. The zero-order chi connectivity index (χ0) is 19.2. The van der Waals surface area contributed by atoms with Crippen LogP contribution < -0.4 is 9.47 Å². The summed E-state index contributed by atoms with van der Waals surface area (Å²) in [6.07, 6.45) is 5.35. The summed E-state index contributed by atoms with van der Waals surface area (Å²) in [6.45, 7) is 6.56. The molecule has 0 aliphatic heterocycles. The van der Waals surface area contributed by atoms with Crippen LogP contribution in [-0.2, 0) is 12.3 Å². The lowest BCUT2D eigenvalue weighted by Gasteiger charge is -2.13. The van der Waals surface area contributed by atoms with Crippen LogP contribution in [0.2, 0.25) is 0 Å². The quantitative estimate of drug-likeness (QED) is 0.431. The highest BCUT2D eigenvalue weighted by Gasteiger charge is 2.15. The third-order valence-corrected chi connectivity index (χ3v) is 5.18. The first kappa shape index (κ1) is 19.0. The van der Waals surface area contributed by atoms with Gasteiger partial charge in [0, 0.05) is 30.3 Å². The molecular weight excluding hydrogens is 360 g/mol. The molecule has 0 radical (unpaired) electrons. The number of aryl methyl sites for hydroxylation is 1. The van der Waals surface area contributed by atoms with Crippen molar-refractivity contribution in [3.63, 3.8) is 0 Å². The fourth-order valence-corrected chi connectivity index (χ4v) is 3.74. The zero-order valence-corrected chi connectivity index (χ0v) is 16.5.